The van der Waals surface area contributed by atoms with Gasteiger partial charge in [-0.1, -0.05) is 0 Å². The van der Waals surface area contributed by atoms with E-state index in [4.69, 9.17) is 15.8 Å². The predicted molar refractivity (Wildman–Crippen MR) is 47.0 cm³/mol. The molecule has 1 nitrogen and oxygen atoms in total. The van der Waals surface area contributed by atoms with Crippen molar-refractivity contribution in [2.75, 3.05) is 0 Å². The van der Waals surface area contributed by atoms with Gasteiger partial charge in [0.05, 0.1) is 0 Å². The second-order valence-corrected chi connectivity index (χ2v) is 2.66. The first-order valence-corrected chi connectivity index (χ1v) is 4.05. The topological polar surface area (TPSA) is 20.2 Å². The summed E-state index contributed by atoms with van der Waals surface area (Å²) < 4.78 is 0. The summed E-state index contributed by atoms with van der Waals surface area (Å²) in [4.78, 5) is 0.939. The molecular formula is C6H6ClNaOS. The summed E-state index contributed by atoms with van der Waals surface area (Å²) in [5.74, 6) is 0.268. The number of aromatic hydroxyl groups is 1. The summed E-state index contributed by atoms with van der Waals surface area (Å²) in [5.41, 5.74) is 0. The molecule has 0 fully saturated rings. The Labute approximate surface area is 90.6 Å². The van der Waals surface area contributed by atoms with E-state index in [1.807, 2.05) is 0 Å². The Morgan fingerprint density at radius 1 is 1.20 bits per heavy atom. The molecule has 0 amide bonds. The van der Waals surface area contributed by atoms with Gasteiger partial charge < -0.3 is 5.11 Å². The van der Waals surface area contributed by atoms with Crippen molar-refractivity contribution in [3.63, 3.8) is 0 Å². The zero-order valence-electron chi connectivity index (χ0n) is 4.54. The number of phenols is 1. The monoisotopic (exact) mass is 184 g/mol. The van der Waals surface area contributed by atoms with Crippen LogP contribution in [0.4, 0.5) is 0 Å². The molecule has 0 atom stereocenters. The van der Waals surface area contributed by atoms with Gasteiger partial charge in [0.25, 0.3) is 0 Å². The van der Waals surface area contributed by atoms with Gasteiger partial charge in [0.1, 0.15) is 5.75 Å². The SMILES string of the molecule is Oc1ccc(SCl)cc1.[NaH]. The molecule has 1 aromatic rings. The summed E-state index contributed by atoms with van der Waals surface area (Å²) in [6, 6.07) is 6.72. The Balaban J connectivity index is 0.000000810. The Kier molecular flexibility index (Phi) is 5.68. The van der Waals surface area contributed by atoms with Crippen LogP contribution in [0.25, 0.3) is 0 Å². The number of rotatable bonds is 1. The fourth-order valence-electron chi connectivity index (χ4n) is 0.498. The molecule has 1 N–H and O–H groups in total. The first kappa shape index (κ1) is 10.7. The van der Waals surface area contributed by atoms with Gasteiger partial charge in [-0.05, 0) is 45.9 Å². The third-order valence-electron chi connectivity index (χ3n) is 0.926. The minimum absolute atomic E-state index is 0. The van der Waals surface area contributed by atoms with Crippen LogP contribution < -0.4 is 0 Å². The zero-order chi connectivity index (χ0) is 6.69. The van der Waals surface area contributed by atoms with Crippen molar-refractivity contribution in [3.05, 3.63) is 24.3 Å². The third-order valence-corrected chi connectivity index (χ3v) is 1.91. The molecule has 50 valence electrons. The van der Waals surface area contributed by atoms with Gasteiger partial charge in [-0.3, -0.25) is 0 Å². The minimum atomic E-state index is 0. The van der Waals surface area contributed by atoms with Gasteiger partial charge in [0.2, 0.25) is 0 Å². The van der Waals surface area contributed by atoms with Crippen molar-refractivity contribution in [2.45, 2.75) is 4.90 Å². The number of hydrogen-bond donors (Lipinski definition) is 1. The second-order valence-electron chi connectivity index (χ2n) is 1.57. The van der Waals surface area contributed by atoms with Crippen LogP contribution in [-0.2, 0) is 0 Å². The van der Waals surface area contributed by atoms with E-state index in [1.165, 1.54) is 0 Å². The number of halogens is 1. The van der Waals surface area contributed by atoms with Crippen LogP contribution >= 0.6 is 21.7 Å². The van der Waals surface area contributed by atoms with Crippen LogP contribution in [0.1, 0.15) is 0 Å². The van der Waals surface area contributed by atoms with E-state index >= 15 is 0 Å². The van der Waals surface area contributed by atoms with Crippen LogP contribution in [0.3, 0.4) is 0 Å². The first-order valence-electron chi connectivity index (χ1n) is 2.40. The Bertz CT molecular complexity index is 189. The summed E-state index contributed by atoms with van der Waals surface area (Å²) in [6.45, 7) is 0. The Morgan fingerprint density at radius 3 is 2.10 bits per heavy atom. The Morgan fingerprint density at radius 2 is 1.70 bits per heavy atom. The Hall–Kier alpha value is 0.660. The van der Waals surface area contributed by atoms with Crippen molar-refractivity contribution >= 4 is 51.2 Å². The van der Waals surface area contributed by atoms with Crippen LogP contribution in [0.5, 0.6) is 5.75 Å². The number of hydrogen-bond acceptors (Lipinski definition) is 2. The maximum atomic E-state index is 8.80. The summed E-state index contributed by atoms with van der Waals surface area (Å²) >= 11 is 0. The zero-order valence-corrected chi connectivity index (χ0v) is 6.12. The molecule has 0 unspecified atom stereocenters. The molecule has 0 aliphatic carbocycles. The molecule has 0 saturated heterocycles. The molecule has 10 heavy (non-hydrogen) atoms. The molecule has 0 aliphatic heterocycles. The van der Waals surface area contributed by atoms with Gasteiger partial charge in [-0.15, -0.1) is 0 Å². The number of benzene rings is 1. The molecular weight excluding hydrogens is 179 g/mol. The number of phenolic OH excluding ortho intramolecular Hbond substituents is 1. The summed E-state index contributed by atoms with van der Waals surface area (Å²) in [7, 11) is 6.55. The van der Waals surface area contributed by atoms with Gasteiger partial charge >= 0.3 is 29.6 Å². The molecule has 0 radical (unpaired) electrons. The van der Waals surface area contributed by atoms with Crippen LogP contribution in [-0.4, -0.2) is 34.7 Å². The summed E-state index contributed by atoms with van der Waals surface area (Å²) in [5, 5.41) is 8.80. The van der Waals surface area contributed by atoms with Gasteiger partial charge in [-0.25, -0.2) is 0 Å². The molecule has 1 rings (SSSR count). The van der Waals surface area contributed by atoms with E-state index in [0.717, 1.165) is 15.9 Å². The molecule has 0 aromatic heterocycles. The molecule has 0 bridgehead atoms. The summed E-state index contributed by atoms with van der Waals surface area (Å²) in [6.07, 6.45) is 0. The van der Waals surface area contributed by atoms with Crippen molar-refractivity contribution in [2.24, 2.45) is 0 Å². The third kappa shape index (κ3) is 3.17. The fraction of sp³-hybridized carbons (Fsp3) is 0. The van der Waals surface area contributed by atoms with E-state index in [-0.39, 0.29) is 35.3 Å². The van der Waals surface area contributed by atoms with Crippen LogP contribution in [0.2, 0.25) is 0 Å². The predicted octanol–water partition coefficient (Wildman–Crippen LogP) is 1.99. The van der Waals surface area contributed by atoms with Crippen LogP contribution in [0, 0.1) is 0 Å². The van der Waals surface area contributed by atoms with E-state index in [9.17, 15) is 0 Å². The van der Waals surface area contributed by atoms with E-state index in [2.05, 4.69) is 0 Å². The van der Waals surface area contributed by atoms with Crippen molar-refractivity contribution < 1.29 is 5.11 Å². The van der Waals surface area contributed by atoms with Crippen molar-refractivity contribution in [1.29, 1.82) is 0 Å². The molecule has 0 saturated carbocycles. The van der Waals surface area contributed by atoms with Gasteiger partial charge in [0.15, 0.2) is 0 Å². The van der Waals surface area contributed by atoms with Crippen molar-refractivity contribution in [3.8, 4) is 5.75 Å². The quantitative estimate of drug-likeness (QED) is 0.674. The van der Waals surface area contributed by atoms with E-state index < -0.39 is 0 Å². The van der Waals surface area contributed by atoms with E-state index in [1.54, 1.807) is 24.3 Å². The van der Waals surface area contributed by atoms with Crippen LogP contribution in [0.15, 0.2) is 29.2 Å². The van der Waals surface area contributed by atoms with Crippen molar-refractivity contribution in [1.82, 2.24) is 0 Å². The second kappa shape index (κ2) is 5.33. The molecule has 0 aliphatic rings. The van der Waals surface area contributed by atoms with Gasteiger partial charge in [-0.2, -0.15) is 0 Å². The molecule has 4 heteroatoms. The van der Waals surface area contributed by atoms with E-state index in [0.29, 0.717) is 0 Å². The average Bonchev–Trinajstić information content (AvgIpc) is 1.90. The average molecular weight is 185 g/mol. The fourth-order valence-corrected chi connectivity index (χ4v) is 1.05. The maximum absolute atomic E-state index is 8.80. The molecule has 0 heterocycles. The molecule has 1 aromatic carbocycles. The van der Waals surface area contributed by atoms with Gasteiger partial charge in [0, 0.05) is 4.90 Å². The normalized spacial score (nSPS) is 8.50. The first-order chi connectivity index (χ1) is 4.33. The standard InChI is InChI=1S/C6H5ClOS.Na.H/c7-9-6-3-1-5(8)2-4-6;;/h1-4,8H;;. The molecule has 0 spiro atoms.